The summed E-state index contributed by atoms with van der Waals surface area (Å²) in [4.78, 5) is 49.1. The van der Waals surface area contributed by atoms with E-state index in [-0.39, 0.29) is 44.2 Å². The summed E-state index contributed by atoms with van der Waals surface area (Å²) in [6.07, 6.45) is 6.06. The number of pyridine rings is 2. The Labute approximate surface area is 299 Å². The molecule has 1 atom stereocenters. The number of ether oxygens (including phenoxy) is 1. The number of aromatic nitrogens is 4. The number of nitrogens with one attached hydrogen (secondary N) is 1. The Hall–Kier alpha value is -5.27. The number of aryl methyl sites for hydroxylation is 1. The highest BCUT2D eigenvalue weighted by Crippen LogP contribution is 2.32. The first kappa shape index (κ1) is 35.1. The monoisotopic (exact) mass is 709 g/mol. The fourth-order valence-corrected chi connectivity index (χ4v) is 7.03. The smallest absolute Gasteiger partial charge is 0.282 e. The molecule has 0 amide bonds. The molecule has 5 aromatic rings. The number of halogens is 2. The molecule has 2 aliphatic heterocycles. The first-order valence-electron chi connectivity index (χ1n) is 17.4. The summed E-state index contributed by atoms with van der Waals surface area (Å²) in [6, 6.07) is 11.3. The molecule has 2 aliphatic rings. The maximum Gasteiger partial charge on any atom is 0.282 e. The van der Waals surface area contributed by atoms with Crippen molar-refractivity contribution in [2.24, 2.45) is 7.05 Å². The van der Waals surface area contributed by atoms with E-state index in [1.807, 2.05) is 26.8 Å². The Kier molecular flexibility index (Phi) is 9.26. The minimum Gasteiger partial charge on any atom is -0.378 e. The van der Waals surface area contributed by atoms with Crippen LogP contribution in [0.2, 0.25) is 0 Å². The van der Waals surface area contributed by atoms with Crippen molar-refractivity contribution in [3.63, 3.8) is 0 Å². The fraction of sp³-hybridized carbons (Fsp3) is 0.359. The number of nitrogens with zero attached hydrogens (tertiary/aromatic N) is 6. The van der Waals surface area contributed by atoms with E-state index in [0.29, 0.717) is 35.3 Å². The Bertz CT molecular complexity index is 2290. The van der Waals surface area contributed by atoms with Crippen LogP contribution in [0.1, 0.15) is 50.0 Å². The van der Waals surface area contributed by atoms with Gasteiger partial charge in [-0.25, -0.2) is 13.8 Å². The van der Waals surface area contributed by atoms with E-state index in [2.05, 4.69) is 32.1 Å². The van der Waals surface area contributed by atoms with Gasteiger partial charge in [0.25, 0.3) is 11.1 Å². The Morgan fingerprint density at radius 2 is 1.81 bits per heavy atom. The Morgan fingerprint density at radius 3 is 2.46 bits per heavy atom. The lowest BCUT2D eigenvalue weighted by Gasteiger charge is -2.47. The maximum absolute atomic E-state index is 15.4. The number of hydrogen-bond donors (Lipinski definition) is 1. The molecule has 0 radical (unpaired) electrons. The van der Waals surface area contributed by atoms with Gasteiger partial charge in [0.1, 0.15) is 23.1 Å². The van der Waals surface area contributed by atoms with Crippen molar-refractivity contribution in [1.82, 2.24) is 24.2 Å². The molecule has 11 nitrogen and oxygen atoms in total. The molecule has 3 aromatic heterocycles. The predicted molar refractivity (Wildman–Crippen MR) is 197 cm³/mol. The van der Waals surface area contributed by atoms with Crippen LogP contribution < -0.4 is 21.3 Å². The van der Waals surface area contributed by atoms with Crippen molar-refractivity contribution in [3.05, 3.63) is 105 Å². The fourth-order valence-electron chi connectivity index (χ4n) is 7.03. The molecule has 2 saturated heterocycles. The third-order valence-corrected chi connectivity index (χ3v) is 10.1. The molecule has 2 fully saturated rings. The van der Waals surface area contributed by atoms with E-state index in [1.54, 1.807) is 25.4 Å². The minimum atomic E-state index is -0.840. The number of anilines is 3. The molecule has 5 heterocycles. The van der Waals surface area contributed by atoms with Crippen LogP contribution in [0, 0.1) is 11.6 Å². The van der Waals surface area contributed by atoms with Gasteiger partial charge in [-0.05, 0) is 59.4 Å². The molecular weight excluding hydrogens is 668 g/mol. The van der Waals surface area contributed by atoms with E-state index in [1.165, 1.54) is 29.1 Å². The van der Waals surface area contributed by atoms with Crippen LogP contribution in [-0.2, 0) is 17.2 Å². The van der Waals surface area contributed by atoms with Crippen LogP contribution in [0.25, 0.3) is 27.6 Å². The zero-order chi connectivity index (χ0) is 36.9. The highest BCUT2D eigenvalue weighted by molar-refractivity contribution is 5.93. The number of carbonyl (C=O) groups is 1. The summed E-state index contributed by atoms with van der Waals surface area (Å²) in [5.41, 5.74) is 0.417. The highest BCUT2D eigenvalue weighted by Gasteiger charge is 2.33. The molecule has 1 N–H and O–H groups in total. The van der Waals surface area contributed by atoms with Crippen molar-refractivity contribution < 1.29 is 18.3 Å². The summed E-state index contributed by atoms with van der Waals surface area (Å²) in [6.45, 7) is 12.3. The van der Waals surface area contributed by atoms with Crippen molar-refractivity contribution in [3.8, 4) is 16.8 Å². The van der Waals surface area contributed by atoms with E-state index in [9.17, 15) is 14.4 Å². The number of aldehydes is 1. The minimum absolute atomic E-state index is 0.0652. The van der Waals surface area contributed by atoms with E-state index >= 15 is 8.78 Å². The van der Waals surface area contributed by atoms with Crippen molar-refractivity contribution in [2.75, 3.05) is 43.1 Å². The molecule has 1 unspecified atom stereocenters. The molecule has 52 heavy (non-hydrogen) atoms. The summed E-state index contributed by atoms with van der Waals surface area (Å²) < 4.78 is 38.3. The van der Waals surface area contributed by atoms with Gasteiger partial charge in [-0.1, -0.05) is 27.7 Å². The summed E-state index contributed by atoms with van der Waals surface area (Å²) >= 11 is 0. The number of fused-ring (bicyclic) bond motifs is 1. The Balaban J connectivity index is 1.21. The highest BCUT2D eigenvalue weighted by atomic mass is 19.1. The van der Waals surface area contributed by atoms with Crippen LogP contribution in [0.5, 0.6) is 0 Å². The lowest BCUT2D eigenvalue weighted by atomic mass is 9.86. The molecule has 7 rings (SSSR count). The SMILES string of the molecule is CCC1CN(C2COC2)CCN1c1ccc(Nc2cc(-c3cc(F)cc(-n4ncc5cc(C(C)(C)C)cc(F)c5c4=O)c3C=O)cn(C)c2=O)nc1. The summed E-state index contributed by atoms with van der Waals surface area (Å²) in [7, 11) is 1.54. The predicted octanol–water partition coefficient (Wildman–Crippen LogP) is 5.58. The number of piperazine rings is 1. The zero-order valence-corrected chi connectivity index (χ0v) is 29.8. The molecule has 0 saturated carbocycles. The quantitative estimate of drug-likeness (QED) is 0.207. The number of hydrogen-bond acceptors (Lipinski definition) is 9. The second-order valence-electron chi connectivity index (χ2n) is 14.6. The van der Waals surface area contributed by atoms with Gasteiger partial charge in [0.05, 0.1) is 48.4 Å². The molecule has 0 aliphatic carbocycles. The lowest BCUT2D eigenvalue weighted by molar-refractivity contribution is -0.0698. The molecule has 270 valence electrons. The van der Waals surface area contributed by atoms with E-state index < -0.39 is 17.2 Å². The summed E-state index contributed by atoms with van der Waals surface area (Å²) in [5, 5.41) is 7.37. The topological polar surface area (TPSA) is 115 Å². The average Bonchev–Trinajstić information content (AvgIpc) is 3.09. The van der Waals surface area contributed by atoms with Gasteiger partial charge in [-0.15, -0.1) is 0 Å². The third kappa shape index (κ3) is 6.50. The number of carbonyl (C=O) groups excluding carboxylic acids is 1. The number of rotatable bonds is 8. The zero-order valence-electron chi connectivity index (χ0n) is 29.8. The van der Waals surface area contributed by atoms with E-state index in [0.717, 1.165) is 61.8 Å². The van der Waals surface area contributed by atoms with Crippen LogP contribution >= 0.6 is 0 Å². The van der Waals surface area contributed by atoms with Crippen molar-refractivity contribution in [1.29, 1.82) is 0 Å². The average molecular weight is 710 g/mol. The maximum atomic E-state index is 15.4. The van der Waals surface area contributed by atoms with Gasteiger partial charge < -0.3 is 19.5 Å². The molecule has 2 aromatic carbocycles. The molecule has 0 bridgehead atoms. The van der Waals surface area contributed by atoms with Crippen LogP contribution in [0.15, 0.2) is 70.6 Å². The van der Waals surface area contributed by atoms with Crippen LogP contribution in [-0.4, -0.2) is 75.4 Å². The van der Waals surface area contributed by atoms with Crippen molar-refractivity contribution in [2.45, 2.75) is 51.6 Å². The number of benzene rings is 2. The van der Waals surface area contributed by atoms with Gasteiger partial charge >= 0.3 is 0 Å². The third-order valence-electron chi connectivity index (χ3n) is 10.1. The van der Waals surface area contributed by atoms with Gasteiger partial charge in [0.2, 0.25) is 0 Å². The van der Waals surface area contributed by atoms with E-state index in [4.69, 9.17) is 4.74 Å². The first-order valence-corrected chi connectivity index (χ1v) is 17.4. The normalized spacial score (nSPS) is 17.0. The standard InChI is InChI=1S/C39H41F2N7O4/c1-6-27-19-46(29-21-52-22-29)9-10-47(27)28-7-8-35(42-17-28)44-33-12-24(18-45(5)37(33)50)30-14-26(40)15-34(31(30)20-49)48-38(51)36-23(16-43-48)11-25(13-32(36)41)39(2,3)4/h7-8,11-18,20,27,29H,6,9-10,19,21-22H2,1-5H3,(H,42,44). The Morgan fingerprint density at radius 1 is 1.02 bits per heavy atom. The molecular formula is C39H41F2N7O4. The molecule has 0 spiro atoms. The van der Waals surface area contributed by atoms with Gasteiger partial charge in [-0.3, -0.25) is 19.3 Å². The second kappa shape index (κ2) is 13.7. The summed E-state index contributed by atoms with van der Waals surface area (Å²) in [5.74, 6) is -1.08. The van der Waals surface area contributed by atoms with Gasteiger partial charge in [0.15, 0.2) is 6.29 Å². The van der Waals surface area contributed by atoms with Gasteiger partial charge in [-0.2, -0.15) is 9.78 Å². The van der Waals surface area contributed by atoms with Crippen LogP contribution in [0.3, 0.4) is 0 Å². The largest absolute Gasteiger partial charge is 0.378 e. The lowest BCUT2D eigenvalue weighted by Crippen LogP contribution is -2.60. The van der Waals surface area contributed by atoms with Crippen molar-refractivity contribution >= 4 is 34.3 Å². The second-order valence-corrected chi connectivity index (χ2v) is 14.6. The van der Waals surface area contributed by atoms with Crippen LogP contribution in [0.4, 0.5) is 26.0 Å². The first-order chi connectivity index (χ1) is 24.9. The molecule has 13 heteroatoms. The van der Waals surface area contributed by atoms with Gasteiger partial charge in [0, 0.05) is 61.5 Å².